The third-order valence-electron chi connectivity index (χ3n) is 5.38. The fraction of sp³-hybridized carbons (Fsp3) is 0.632. The predicted octanol–water partition coefficient (Wildman–Crippen LogP) is 3.74. The highest BCUT2D eigenvalue weighted by atomic mass is 32.1. The third-order valence-corrected chi connectivity index (χ3v) is 6.57. The smallest absolute Gasteiger partial charge is 0.146 e. The minimum absolute atomic E-state index is 0.497. The molecule has 25 heavy (non-hydrogen) atoms. The van der Waals surface area contributed by atoms with Crippen molar-refractivity contribution in [2.75, 3.05) is 25.0 Å². The maximum absolute atomic E-state index is 8.84. The van der Waals surface area contributed by atoms with Gasteiger partial charge in [0.25, 0.3) is 0 Å². The van der Waals surface area contributed by atoms with Crippen LogP contribution in [-0.4, -0.2) is 34.5 Å². The van der Waals surface area contributed by atoms with Gasteiger partial charge in [0.1, 0.15) is 16.5 Å². The lowest BCUT2D eigenvalue weighted by Crippen LogP contribution is -2.33. The lowest BCUT2D eigenvalue weighted by atomic mass is 9.99. The highest BCUT2D eigenvalue weighted by molar-refractivity contribution is 7.19. The topological polar surface area (TPSA) is 64.8 Å². The van der Waals surface area contributed by atoms with E-state index >= 15 is 0 Å². The van der Waals surface area contributed by atoms with Gasteiger partial charge in [0, 0.05) is 11.4 Å². The Labute approximate surface area is 153 Å². The SMILES string of the molecule is CC1CCN(Cc2nc(NCCC#N)c3c4c(sc3n2)CCC4)CC1. The van der Waals surface area contributed by atoms with Gasteiger partial charge in [0.2, 0.25) is 0 Å². The van der Waals surface area contributed by atoms with Gasteiger partial charge in [-0.1, -0.05) is 6.92 Å². The number of aryl methyl sites for hydroxylation is 2. The van der Waals surface area contributed by atoms with E-state index < -0.39 is 0 Å². The number of piperidine rings is 1. The lowest BCUT2D eigenvalue weighted by Gasteiger charge is -2.29. The molecule has 0 amide bonds. The van der Waals surface area contributed by atoms with Gasteiger partial charge < -0.3 is 5.32 Å². The molecular formula is C19H25N5S. The molecule has 2 aliphatic rings. The van der Waals surface area contributed by atoms with Gasteiger partial charge in [-0.15, -0.1) is 11.3 Å². The summed E-state index contributed by atoms with van der Waals surface area (Å²) in [6, 6.07) is 2.21. The second kappa shape index (κ2) is 7.27. The molecular weight excluding hydrogens is 330 g/mol. The van der Waals surface area contributed by atoms with Crippen LogP contribution >= 0.6 is 11.3 Å². The molecule has 6 heteroatoms. The summed E-state index contributed by atoms with van der Waals surface area (Å²) in [4.78, 5) is 14.9. The van der Waals surface area contributed by atoms with E-state index in [0.717, 1.165) is 48.4 Å². The summed E-state index contributed by atoms with van der Waals surface area (Å²) in [7, 11) is 0. The van der Waals surface area contributed by atoms with E-state index in [1.165, 1.54) is 41.5 Å². The van der Waals surface area contributed by atoms with E-state index in [-0.39, 0.29) is 0 Å². The number of hydrogen-bond donors (Lipinski definition) is 1. The van der Waals surface area contributed by atoms with Crippen LogP contribution < -0.4 is 5.32 Å². The summed E-state index contributed by atoms with van der Waals surface area (Å²) in [6.45, 7) is 6.09. The lowest BCUT2D eigenvalue weighted by molar-refractivity contribution is 0.181. The molecule has 0 unspecified atom stereocenters. The van der Waals surface area contributed by atoms with E-state index in [0.29, 0.717) is 13.0 Å². The van der Waals surface area contributed by atoms with Crippen LogP contribution in [-0.2, 0) is 19.4 Å². The first-order valence-corrected chi connectivity index (χ1v) is 10.2. The van der Waals surface area contributed by atoms with Gasteiger partial charge in [0.15, 0.2) is 0 Å². The number of nitriles is 1. The zero-order valence-electron chi connectivity index (χ0n) is 14.8. The van der Waals surface area contributed by atoms with Crippen molar-refractivity contribution in [3.8, 4) is 6.07 Å². The van der Waals surface area contributed by atoms with Crippen LogP contribution in [0.4, 0.5) is 5.82 Å². The zero-order chi connectivity index (χ0) is 17.2. The van der Waals surface area contributed by atoms with Crippen molar-refractivity contribution < 1.29 is 0 Å². The molecule has 132 valence electrons. The Morgan fingerprint density at radius 2 is 2.12 bits per heavy atom. The molecule has 0 atom stereocenters. The molecule has 0 radical (unpaired) electrons. The average Bonchev–Trinajstić information content (AvgIpc) is 3.18. The number of aromatic nitrogens is 2. The zero-order valence-corrected chi connectivity index (χ0v) is 15.7. The van der Waals surface area contributed by atoms with Crippen LogP contribution in [0, 0.1) is 17.2 Å². The predicted molar refractivity (Wildman–Crippen MR) is 102 cm³/mol. The van der Waals surface area contributed by atoms with E-state index in [1.807, 2.05) is 11.3 Å². The van der Waals surface area contributed by atoms with Crippen LogP contribution in [0.5, 0.6) is 0 Å². The summed E-state index contributed by atoms with van der Waals surface area (Å²) < 4.78 is 0. The van der Waals surface area contributed by atoms with E-state index in [1.54, 1.807) is 0 Å². The summed E-state index contributed by atoms with van der Waals surface area (Å²) in [5, 5.41) is 13.5. The summed E-state index contributed by atoms with van der Waals surface area (Å²) >= 11 is 1.84. The Kier molecular flexibility index (Phi) is 4.87. The molecule has 1 saturated heterocycles. The van der Waals surface area contributed by atoms with Crippen molar-refractivity contribution >= 4 is 27.4 Å². The van der Waals surface area contributed by atoms with Crippen LogP contribution in [0.25, 0.3) is 10.2 Å². The molecule has 0 bridgehead atoms. The first kappa shape index (κ1) is 16.7. The number of fused-ring (bicyclic) bond motifs is 3. The number of hydrogen-bond acceptors (Lipinski definition) is 6. The molecule has 2 aromatic heterocycles. The second-order valence-corrected chi connectivity index (χ2v) is 8.40. The molecule has 3 heterocycles. The fourth-order valence-corrected chi connectivity index (χ4v) is 5.18. The van der Waals surface area contributed by atoms with Crippen molar-refractivity contribution in [1.29, 1.82) is 5.26 Å². The van der Waals surface area contributed by atoms with Crippen LogP contribution in [0.2, 0.25) is 0 Å². The summed E-state index contributed by atoms with van der Waals surface area (Å²) in [5.41, 5.74) is 1.44. The summed E-state index contributed by atoms with van der Waals surface area (Å²) in [5.74, 6) is 2.70. The Balaban J connectivity index is 1.62. The molecule has 1 aliphatic heterocycles. The molecule has 0 aromatic carbocycles. The Hall–Kier alpha value is -1.71. The number of nitrogens with one attached hydrogen (secondary N) is 1. The Bertz CT molecular complexity index is 798. The minimum Gasteiger partial charge on any atom is -0.368 e. The second-order valence-electron chi connectivity index (χ2n) is 7.32. The van der Waals surface area contributed by atoms with E-state index in [4.69, 9.17) is 15.2 Å². The highest BCUT2D eigenvalue weighted by Crippen LogP contribution is 2.39. The third kappa shape index (κ3) is 3.49. The average molecular weight is 356 g/mol. The van der Waals surface area contributed by atoms with Gasteiger partial charge in [-0.3, -0.25) is 4.90 Å². The Morgan fingerprint density at radius 1 is 1.28 bits per heavy atom. The summed E-state index contributed by atoms with van der Waals surface area (Å²) in [6.07, 6.45) is 6.58. The van der Waals surface area contributed by atoms with Crippen LogP contribution in [0.15, 0.2) is 0 Å². The van der Waals surface area contributed by atoms with Crippen molar-refractivity contribution in [1.82, 2.24) is 14.9 Å². The van der Waals surface area contributed by atoms with Gasteiger partial charge in [-0.2, -0.15) is 5.26 Å². The normalized spacial score (nSPS) is 18.4. The molecule has 4 rings (SSSR count). The maximum atomic E-state index is 8.84. The standard InChI is InChI=1S/C19H25N5S/c1-13-6-10-24(11-7-13)12-16-22-18(21-9-3-8-20)17-14-4-2-5-15(14)25-19(17)23-16/h13H,2-7,9-12H2,1H3,(H,21,22,23). The molecule has 0 saturated carbocycles. The first-order chi connectivity index (χ1) is 12.2. The van der Waals surface area contributed by atoms with Crippen LogP contribution in [0.1, 0.15) is 48.9 Å². The van der Waals surface area contributed by atoms with Crippen molar-refractivity contribution in [2.24, 2.45) is 5.92 Å². The fourth-order valence-electron chi connectivity index (χ4n) is 3.90. The first-order valence-electron chi connectivity index (χ1n) is 9.39. The molecule has 2 aromatic rings. The van der Waals surface area contributed by atoms with Gasteiger partial charge in [-0.05, 0) is 56.7 Å². The monoisotopic (exact) mass is 355 g/mol. The van der Waals surface area contributed by atoms with E-state index in [2.05, 4.69) is 23.2 Å². The molecule has 1 N–H and O–H groups in total. The number of likely N-dealkylation sites (tertiary alicyclic amines) is 1. The Morgan fingerprint density at radius 3 is 2.92 bits per heavy atom. The molecule has 5 nitrogen and oxygen atoms in total. The molecule has 1 aliphatic carbocycles. The van der Waals surface area contributed by atoms with Crippen molar-refractivity contribution in [2.45, 2.75) is 52.0 Å². The van der Waals surface area contributed by atoms with Gasteiger partial charge in [0.05, 0.1) is 24.4 Å². The highest BCUT2D eigenvalue weighted by Gasteiger charge is 2.23. The largest absolute Gasteiger partial charge is 0.368 e. The van der Waals surface area contributed by atoms with Crippen molar-refractivity contribution in [3.05, 3.63) is 16.3 Å². The van der Waals surface area contributed by atoms with Crippen molar-refractivity contribution in [3.63, 3.8) is 0 Å². The maximum Gasteiger partial charge on any atom is 0.146 e. The van der Waals surface area contributed by atoms with Gasteiger partial charge >= 0.3 is 0 Å². The van der Waals surface area contributed by atoms with E-state index in [9.17, 15) is 0 Å². The van der Waals surface area contributed by atoms with Crippen LogP contribution in [0.3, 0.4) is 0 Å². The minimum atomic E-state index is 0.497. The number of nitrogens with zero attached hydrogens (tertiary/aromatic N) is 4. The number of rotatable bonds is 5. The molecule has 0 spiro atoms. The number of thiophene rings is 1. The molecule has 1 fully saturated rings. The number of anilines is 1. The van der Waals surface area contributed by atoms with Gasteiger partial charge in [-0.25, -0.2) is 9.97 Å². The quantitative estimate of drug-likeness (QED) is 0.828.